The highest BCUT2D eigenvalue weighted by Gasteiger charge is 2.23. The van der Waals surface area contributed by atoms with Crippen molar-refractivity contribution in [1.82, 2.24) is 0 Å². The van der Waals surface area contributed by atoms with Crippen LogP contribution in [-0.4, -0.2) is 34.9 Å². The van der Waals surface area contributed by atoms with Gasteiger partial charge in [0.2, 0.25) is 0 Å². The monoisotopic (exact) mass is 360 g/mol. The summed E-state index contributed by atoms with van der Waals surface area (Å²) < 4.78 is 11.2. The molecule has 0 radical (unpaired) electrons. The van der Waals surface area contributed by atoms with Crippen molar-refractivity contribution in [3.63, 3.8) is 0 Å². The Morgan fingerprint density at radius 3 is 2.43 bits per heavy atom. The van der Waals surface area contributed by atoms with Gasteiger partial charge >= 0.3 is 11.9 Å². The van der Waals surface area contributed by atoms with Crippen molar-refractivity contribution in [2.75, 3.05) is 6.61 Å². The molecule has 0 fully saturated rings. The molecule has 0 saturated carbocycles. The minimum Gasteiger partial charge on any atom is -0.490 e. The normalized spacial score (nSPS) is 11.8. The first-order valence-electron chi connectivity index (χ1n) is 6.49. The van der Waals surface area contributed by atoms with Crippen molar-refractivity contribution in [2.24, 2.45) is 0 Å². The maximum atomic E-state index is 11.2. The zero-order valence-corrected chi connectivity index (χ0v) is 13.3. The molecule has 1 atom stereocenters. The van der Waals surface area contributed by atoms with Gasteiger partial charge < -0.3 is 19.7 Å². The molecule has 116 valence electrons. The molecule has 0 aromatic heterocycles. The summed E-state index contributed by atoms with van der Waals surface area (Å²) in [7, 11) is 0. The maximum Gasteiger partial charge on any atom is 0.344 e. The molecule has 21 heavy (non-hydrogen) atoms. The number of carboxylic acids is 2. The summed E-state index contributed by atoms with van der Waals surface area (Å²) in [5.41, 5.74) is 0.0278. The van der Waals surface area contributed by atoms with Crippen LogP contribution < -0.4 is 9.47 Å². The van der Waals surface area contributed by atoms with Crippen LogP contribution in [0.25, 0.3) is 0 Å². The van der Waals surface area contributed by atoms with Gasteiger partial charge in [-0.2, -0.15) is 0 Å². The molecule has 1 aromatic rings. The van der Waals surface area contributed by atoms with Crippen molar-refractivity contribution in [3.05, 3.63) is 22.2 Å². The molecule has 1 unspecified atom stereocenters. The van der Waals surface area contributed by atoms with Gasteiger partial charge in [-0.05, 0) is 41.4 Å². The zero-order valence-electron chi connectivity index (χ0n) is 11.8. The first-order valence-corrected chi connectivity index (χ1v) is 7.29. The zero-order chi connectivity index (χ0) is 16.0. The van der Waals surface area contributed by atoms with Crippen LogP contribution in [0.1, 0.15) is 37.0 Å². The topological polar surface area (TPSA) is 93.1 Å². The molecule has 1 aromatic carbocycles. The van der Waals surface area contributed by atoms with E-state index in [2.05, 4.69) is 15.9 Å². The van der Waals surface area contributed by atoms with E-state index in [-0.39, 0.29) is 17.1 Å². The van der Waals surface area contributed by atoms with Gasteiger partial charge in [-0.15, -0.1) is 0 Å². The Kier molecular flexibility index (Phi) is 6.48. The number of halogens is 1. The van der Waals surface area contributed by atoms with Crippen LogP contribution in [0.3, 0.4) is 0 Å². The van der Waals surface area contributed by atoms with E-state index in [1.54, 1.807) is 6.92 Å². The third-order valence-electron chi connectivity index (χ3n) is 2.64. The van der Waals surface area contributed by atoms with Crippen LogP contribution in [-0.2, 0) is 4.79 Å². The van der Waals surface area contributed by atoms with Gasteiger partial charge in [0.1, 0.15) is 0 Å². The average Bonchev–Trinajstić information content (AvgIpc) is 2.40. The van der Waals surface area contributed by atoms with Crippen molar-refractivity contribution < 1.29 is 29.3 Å². The van der Waals surface area contributed by atoms with Gasteiger partial charge in [0, 0.05) is 0 Å². The summed E-state index contributed by atoms with van der Waals surface area (Å²) in [6.45, 7) is 3.90. The lowest BCUT2D eigenvalue weighted by molar-refractivity contribution is -0.145. The number of hydrogen-bond donors (Lipinski definition) is 2. The van der Waals surface area contributed by atoms with E-state index in [0.29, 0.717) is 23.9 Å². The van der Waals surface area contributed by atoms with Gasteiger partial charge in [-0.1, -0.05) is 13.3 Å². The lowest BCUT2D eigenvalue weighted by atomic mass is 10.2. The number of rotatable bonds is 8. The molecule has 0 bridgehead atoms. The largest absolute Gasteiger partial charge is 0.490 e. The standard InChI is InChI=1S/C14H17BrO6/c1-3-5-10(14(18)19)21-12-9(15)6-8(13(16)17)7-11(12)20-4-2/h6-7,10H,3-5H2,1-2H3,(H,16,17)(H,18,19). The Morgan fingerprint density at radius 2 is 1.95 bits per heavy atom. The predicted octanol–water partition coefficient (Wildman–Crippen LogP) is 3.18. The van der Waals surface area contributed by atoms with Gasteiger partial charge in [-0.3, -0.25) is 0 Å². The fourth-order valence-corrected chi connectivity index (χ4v) is 2.24. The summed E-state index contributed by atoms with van der Waals surface area (Å²) >= 11 is 3.20. The minimum absolute atomic E-state index is 0.0278. The summed E-state index contributed by atoms with van der Waals surface area (Å²) in [5, 5.41) is 18.2. The molecule has 0 aliphatic carbocycles. The lowest BCUT2D eigenvalue weighted by Crippen LogP contribution is -2.27. The summed E-state index contributed by atoms with van der Waals surface area (Å²) in [6.07, 6.45) is -0.0269. The highest BCUT2D eigenvalue weighted by atomic mass is 79.9. The second-order valence-corrected chi connectivity index (χ2v) is 5.11. The van der Waals surface area contributed by atoms with Gasteiger partial charge in [0.15, 0.2) is 17.6 Å². The second kappa shape index (κ2) is 7.87. The molecule has 0 aliphatic heterocycles. The maximum absolute atomic E-state index is 11.2. The smallest absolute Gasteiger partial charge is 0.344 e. The highest BCUT2D eigenvalue weighted by molar-refractivity contribution is 9.10. The molecule has 0 spiro atoms. The van der Waals surface area contributed by atoms with Crippen molar-refractivity contribution in [1.29, 1.82) is 0 Å². The Bertz CT molecular complexity index is 528. The SMILES string of the molecule is CCCC(Oc1c(Br)cc(C(=O)O)cc1OCC)C(=O)O. The van der Waals surface area contributed by atoms with Crippen LogP contribution in [0.5, 0.6) is 11.5 Å². The Balaban J connectivity index is 3.20. The van der Waals surface area contributed by atoms with Crippen molar-refractivity contribution in [2.45, 2.75) is 32.8 Å². The van der Waals surface area contributed by atoms with E-state index in [1.165, 1.54) is 12.1 Å². The molecule has 0 heterocycles. The van der Waals surface area contributed by atoms with Crippen LogP contribution in [0.2, 0.25) is 0 Å². The number of hydrogen-bond acceptors (Lipinski definition) is 4. The molecular formula is C14H17BrO6. The molecule has 1 rings (SSSR count). The Morgan fingerprint density at radius 1 is 1.29 bits per heavy atom. The molecule has 7 heteroatoms. The van der Waals surface area contributed by atoms with E-state index in [1.807, 2.05) is 6.92 Å². The van der Waals surface area contributed by atoms with E-state index in [0.717, 1.165) is 0 Å². The van der Waals surface area contributed by atoms with Gasteiger partial charge in [0.25, 0.3) is 0 Å². The molecule has 0 aliphatic rings. The molecular weight excluding hydrogens is 344 g/mol. The van der Waals surface area contributed by atoms with Crippen LogP contribution in [0, 0.1) is 0 Å². The second-order valence-electron chi connectivity index (χ2n) is 4.26. The first-order chi connectivity index (χ1) is 9.90. The van der Waals surface area contributed by atoms with Crippen LogP contribution in [0.15, 0.2) is 16.6 Å². The highest BCUT2D eigenvalue weighted by Crippen LogP contribution is 2.38. The summed E-state index contributed by atoms with van der Waals surface area (Å²) in [5.74, 6) is -1.78. The number of aromatic carboxylic acids is 1. The summed E-state index contributed by atoms with van der Waals surface area (Å²) in [4.78, 5) is 22.2. The van der Waals surface area contributed by atoms with Crippen molar-refractivity contribution >= 4 is 27.9 Å². The minimum atomic E-state index is -1.11. The third-order valence-corrected chi connectivity index (χ3v) is 3.23. The quantitative estimate of drug-likeness (QED) is 0.739. The van der Waals surface area contributed by atoms with Gasteiger partial charge in [0.05, 0.1) is 16.6 Å². The summed E-state index contributed by atoms with van der Waals surface area (Å²) in [6, 6.07) is 2.67. The Labute approximate surface area is 130 Å². The molecule has 0 amide bonds. The van der Waals surface area contributed by atoms with Crippen LogP contribution >= 0.6 is 15.9 Å². The molecule has 0 saturated heterocycles. The van der Waals surface area contributed by atoms with E-state index < -0.39 is 18.0 Å². The van der Waals surface area contributed by atoms with E-state index >= 15 is 0 Å². The third kappa shape index (κ3) is 4.63. The predicted molar refractivity (Wildman–Crippen MR) is 79.2 cm³/mol. The average molecular weight is 361 g/mol. The Hall–Kier alpha value is -1.76. The number of aliphatic carboxylic acids is 1. The van der Waals surface area contributed by atoms with E-state index in [4.69, 9.17) is 19.7 Å². The number of ether oxygens (including phenoxy) is 2. The number of benzene rings is 1. The lowest BCUT2D eigenvalue weighted by Gasteiger charge is -2.19. The number of carboxylic acid groups (broad SMARTS) is 2. The fourth-order valence-electron chi connectivity index (χ4n) is 1.71. The first kappa shape index (κ1) is 17.3. The molecule has 2 N–H and O–H groups in total. The van der Waals surface area contributed by atoms with Crippen molar-refractivity contribution in [3.8, 4) is 11.5 Å². The fraction of sp³-hybridized carbons (Fsp3) is 0.429. The number of carbonyl (C=O) groups is 2. The van der Waals surface area contributed by atoms with E-state index in [9.17, 15) is 9.59 Å². The van der Waals surface area contributed by atoms with Gasteiger partial charge in [-0.25, -0.2) is 9.59 Å². The molecule has 6 nitrogen and oxygen atoms in total. The van der Waals surface area contributed by atoms with Crippen LogP contribution in [0.4, 0.5) is 0 Å².